The molecule has 2 N–H and O–H groups in total. The van der Waals surface area contributed by atoms with Gasteiger partial charge in [0.05, 0.1) is 0 Å². The van der Waals surface area contributed by atoms with Crippen molar-refractivity contribution in [3.63, 3.8) is 0 Å². The molecule has 0 saturated heterocycles. The predicted molar refractivity (Wildman–Crippen MR) is 82.2 cm³/mol. The molecular formula is C15H26N4O. The van der Waals surface area contributed by atoms with E-state index in [4.69, 9.17) is 4.74 Å². The van der Waals surface area contributed by atoms with Crippen molar-refractivity contribution in [1.29, 1.82) is 0 Å². The second kappa shape index (κ2) is 8.04. The Balaban J connectivity index is 1.67. The van der Waals surface area contributed by atoms with Crippen LogP contribution >= 0.6 is 0 Å². The average Bonchev–Trinajstić information content (AvgIpc) is 3.27. The summed E-state index contributed by atoms with van der Waals surface area (Å²) in [6.45, 7) is 7.71. The molecule has 1 saturated carbocycles. The van der Waals surface area contributed by atoms with Crippen molar-refractivity contribution in [3.05, 3.63) is 11.8 Å². The number of aryl methyl sites for hydroxylation is 1. The van der Waals surface area contributed by atoms with E-state index in [2.05, 4.69) is 27.5 Å². The molecule has 0 spiro atoms. The minimum atomic E-state index is 0.699. The van der Waals surface area contributed by atoms with Gasteiger partial charge in [0.1, 0.15) is 5.82 Å². The number of hydrogen-bond acceptors (Lipinski definition) is 5. The minimum Gasteiger partial charge on any atom is -0.381 e. The van der Waals surface area contributed by atoms with E-state index in [9.17, 15) is 0 Å². The van der Waals surface area contributed by atoms with E-state index in [0.29, 0.717) is 5.95 Å². The molecule has 1 heterocycles. The van der Waals surface area contributed by atoms with Gasteiger partial charge in [0, 0.05) is 38.1 Å². The molecule has 0 radical (unpaired) electrons. The summed E-state index contributed by atoms with van der Waals surface area (Å²) >= 11 is 0. The maximum atomic E-state index is 5.62. The molecule has 1 fully saturated rings. The molecule has 1 aromatic rings. The first-order valence-corrected chi connectivity index (χ1v) is 7.68. The Bertz CT molecular complexity index is 407. The van der Waals surface area contributed by atoms with Gasteiger partial charge in [-0.2, -0.15) is 4.98 Å². The molecule has 20 heavy (non-hydrogen) atoms. The van der Waals surface area contributed by atoms with E-state index in [-0.39, 0.29) is 0 Å². The summed E-state index contributed by atoms with van der Waals surface area (Å²) in [6, 6.07) is 0. The van der Waals surface area contributed by atoms with Crippen molar-refractivity contribution in [2.24, 2.45) is 5.92 Å². The number of hydrogen-bond donors (Lipinski definition) is 2. The molecule has 0 aliphatic heterocycles. The van der Waals surface area contributed by atoms with E-state index < -0.39 is 0 Å². The highest BCUT2D eigenvalue weighted by Gasteiger charge is 2.20. The molecule has 112 valence electrons. The third-order valence-electron chi connectivity index (χ3n) is 3.31. The molecule has 2 rings (SSSR count). The normalized spacial score (nSPS) is 14.3. The fraction of sp³-hybridized carbons (Fsp3) is 0.733. The van der Waals surface area contributed by atoms with E-state index in [0.717, 1.165) is 56.4 Å². The van der Waals surface area contributed by atoms with Crippen LogP contribution in [0.15, 0.2) is 6.20 Å². The minimum absolute atomic E-state index is 0.699. The predicted octanol–water partition coefficient (Wildman–Crippen LogP) is 2.84. The highest BCUT2D eigenvalue weighted by molar-refractivity contribution is 5.46. The van der Waals surface area contributed by atoms with Gasteiger partial charge in [-0.05, 0) is 38.5 Å². The smallest absolute Gasteiger partial charge is 0.224 e. The van der Waals surface area contributed by atoms with E-state index in [1.54, 1.807) is 0 Å². The van der Waals surface area contributed by atoms with Gasteiger partial charge in [-0.15, -0.1) is 0 Å². The van der Waals surface area contributed by atoms with E-state index in [1.807, 2.05) is 13.1 Å². The molecule has 0 amide bonds. The van der Waals surface area contributed by atoms with Gasteiger partial charge in [0.15, 0.2) is 0 Å². The van der Waals surface area contributed by atoms with Crippen molar-refractivity contribution in [1.82, 2.24) is 9.97 Å². The molecule has 0 unspecified atom stereocenters. The molecule has 1 aromatic heterocycles. The molecule has 5 nitrogen and oxygen atoms in total. The second-order valence-corrected chi connectivity index (χ2v) is 5.45. The summed E-state index contributed by atoms with van der Waals surface area (Å²) in [7, 11) is 0. The number of ether oxygens (including phenoxy) is 1. The molecule has 0 atom stereocenters. The van der Waals surface area contributed by atoms with Crippen LogP contribution in [0.2, 0.25) is 0 Å². The third-order valence-corrected chi connectivity index (χ3v) is 3.31. The Hall–Kier alpha value is -1.36. The number of aromatic nitrogens is 2. The lowest BCUT2D eigenvalue weighted by molar-refractivity contribution is 0.124. The summed E-state index contributed by atoms with van der Waals surface area (Å²) in [4.78, 5) is 8.77. The van der Waals surface area contributed by atoms with Gasteiger partial charge >= 0.3 is 0 Å². The van der Waals surface area contributed by atoms with Crippen LogP contribution in [0.25, 0.3) is 0 Å². The summed E-state index contributed by atoms with van der Waals surface area (Å²) in [6.07, 6.45) is 6.64. The molecule has 1 aliphatic rings. The van der Waals surface area contributed by atoms with Crippen LogP contribution < -0.4 is 10.6 Å². The fourth-order valence-electron chi connectivity index (χ4n) is 1.86. The average molecular weight is 278 g/mol. The first kappa shape index (κ1) is 15.0. The van der Waals surface area contributed by atoms with Crippen LogP contribution in [-0.2, 0) is 4.74 Å². The van der Waals surface area contributed by atoms with Crippen LogP contribution in [-0.4, -0.2) is 36.3 Å². The first-order valence-electron chi connectivity index (χ1n) is 7.68. The standard InChI is InChI=1S/C15H26N4O/c1-3-7-17-15-18-10-12(2)14(19-15)16-8-4-9-20-11-13-5-6-13/h10,13H,3-9,11H2,1-2H3,(H2,16,17,18,19). The summed E-state index contributed by atoms with van der Waals surface area (Å²) in [5, 5.41) is 6.57. The van der Waals surface area contributed by atoms with Crippen molar-refractivity contribution >= 4 is 11.8 Å². The highest BCUT2D eigenvalue weighted by atomic mass is 16.5. The van der Waals surface area contributed by atoms with Gasteiger partial charge in [-0.25, -0.2) is 4.98 Å². The Morgan fingerprint density at radius 3 is 2.90 bits per heavy atom. The van der Waals surface area contributed by atoms with Crippen LogP contribution in [0.1, 0.15) is 38.2 Å². The van der Waals surface area contributed by atoms with Gasteiger partial charge < -0.3 is 15.4 Å². The molecule has 0 aromatic carbocycles. The Kier molecular flexibility index (Phi) is 6.05. The highest BCUT2D eigenvalue weighted by Crippen LogP contribution is 2.28. The lowest BCUT2D eigenvalue weighted by Gasteiger charge is -2.10. The van der Waals surface area contributed by atoms with Crippen LogP contribution in [0.5, 0.6) is 0 Å². The van der Waals surface area contributed by atoms with Gasteiger partial charge in [-0.1, -0.05) is 6.92 Å². The maximum absolute atomic E-state index is 5.62. The van der Waals surface area contributed by atoms with E-state index >= 15 is 0 Å². The quantitative estimate of drug-likeness (QED) is 0.644. The van der Waals surface area contributed by atoms with Crippen molar-refractivity contribution in [3.8, 4) is 0 Å². The van der Waals surface area contributed by atoms with Gasteiger partial charge in [0.25, 0.3) is 0 Å². The molecule has 0 bridgehead atoms. The molecular weight excluding hydrogens is 252 g/mol. The zero-order valence-corrected chi connectivity index (χ0v) is 12.6. The Labute approximate surface area is 121 Å². The van der Waals surface area contributed by atoms with Crippen molar-refractivity contribution in [2.75, 3.05) is 36.9 Å². The lowest BCUT2D eigenvalue weighted by atomic mass is 10.3. The Morgan fingerprint density at radius 2 is 2.15 bits per heavy atom. The monoisotopic (exact) mass is 278 g/mol. The zero-order valence-electron chi connectivity index (χ0n) is 12.6. The van der Waals surface area contributed by atoms with Gasteiger partial charge in [-0.3, -0.25) is 0 Å². The van der Waals surface area contributed by atoms with E-state index in [1.165, 1.54) is 12.8 Å². The van der Waals surface area contributed by atoms with Gasteiger partial charge in [0.2, 0.25) is 5.95 Å². The largest absolute Gasteiger partial charge is 0.381 e. The van der Waals surface area contributed by atoms with Crippen LogP contribution in [0.3, 0.4) is 0 Å². The Morgan fingerprint density at radius 1 is 1.30 bits per heavy atom. The van der Waals surface area contributed by atoms with Crippen LogP contribution in [0, 0.1) is 12.8 Å². The number of nitrogens with one attached hydrogen (secondary N) is 2. The summed E-state index contributed by atoms with van der Waals surface area (Å²) in [5.41, 5.74) is 1.07. The summed E-state index contributed by atoms with van der Waals surface area (Å²) in [5.74, 6) is 2.46. The molecule has 5 heteroatoms. The number of nitrogens with zero attached hydrogens (tertiary/aromatic N) is 2. The SMILES string of the molecule is CCCNc1ncc(C)c(NCCCOCC2CC2)n1. The number of rotatable bonds is 10. The first-order chi connectivity index (χ1) is 9.79. The maximum Gasteiger partial charge on any atom is 0.224 e. The molecule has 1 aliphatic carbocycles. The lowest BCUT2D eigenvalue weighted by Crippen LogP contribution is -2.11. The van der Waals surface area contributed by atoms with Crippen molar-refractivity contribution in [2.45, 2.75) is 39.5 Å². The second-order valence-electron chi connectivity index (χ2n) is 5.45. The van der Waals surface area contributed by atoms with Crippen molar-refractivity contribution < 1.29 is 4.74 Å². The number of anilines is 2. The van der Waals surface area contributed by atoms with Crippen LogP contribution in [0.4, 0.5) is 11.8 Å². The third kappa shape index (κ3) is 5.33. The zero-order chi connectivity index (χ0) is 14.2. The topological polar surface area (TPSA) is 59.1 Å². The fourth-order valence-corrected chi connectivity index (χ4v) is 1.86. The summed E-state index contributed by atoms with van der Waals surface area (Å²) < 4.78 is 5.62.